The SMILES string of the molecule is C[n+]1c(C=Cc2cc3cc4c5c(c3oc2=O)CCCN5CCC4)sc2ccccc21. The summed E-state index contributed by atoms with van der Waals surface area (Å²) in [7, 11) is 2.06. The van der Waals surface area contributed by atoms with Crippen molar-refractivity contribution < 1.29 is 8.98 Å². The van der Waals surface area contributed by atoms with Crippen molar-refractivity contribution in [2.75, 3.05) is 18.0 Å². The molecule has 30 heavy (non-hydrogen) atoms. The van der Waals surface area contributed by atoms with Gasteiger partial charge < -0.3 is 9.32 Å². The van der Waals surface area contributed by atoms with Gasteiger partial charge >= 0.3 is 5.63 Å². The smallest absolute Gasteiger partial charge is 0.343 e. The molecule has 0 bridgehead atoms. The van der Waals surface area contributed by atoms with Gasteiger partial charge in [0.25, 0.3) is 5.01 Å². The predicted octanol–water partition coefficient (Wildman–Crippen LogP) is 4.70. The third-order valence-electron chi connectivity index (χ3n) is 6.42. The Hall–Kier alpha value is -2.92. The molecule has 2 aliphatic rings. The normalized spacial score (nSPS) is 16.0. The molecule has 0 unspecified atom stereocenters. The van der Waals surface area contributed by atoms with Gasteiger partial charge in [-0.15, -0.1) is 0 Å². The van der Waals surface area contributed by atoms with Crippen molar-refractivity contribution in [2.24, 2.45) is 7.05 Å². The van der Waals surface area contributed by atoms with Gasteiger partial charge in [0.2, 0.25) is 5.52 Å². The third kappa shape index (κ3) is 2.72. The number of hydrogen-bond acceptors (Lipinski definition) is 4. The summed E-state index contributed by atoms with van der Waals surface area (Å²) in [6.45, 7) is 2.23. The topological polar surface area (TPSA) is 37.3 Å². The van der Waals surface area contributed by atoms with E-state index in [4.69, 9.17) is 4.42 Å². The summed E-state index contributed by atoms with van der Waals surface area (Å²) in [4.78, 5) is 15.3. The molecule has 6 rings (SSSR count). The summed E-state index contributed by atoms with van der Waals surface area (Å²) in [6, 6.07) is 12.6. The molecule has 4 aromatic rings. The maximum Gasteiger partial charge on any atom is 0.343 e. The van der Waals surface area contributed by atoms with Crippen LogP contribution in [0.2, 0.25) is 0 Å². The van der Waals surface area contributed by atoms with E-state index in [1.807, 2.05) is 18.2 Å². The number of anilines is 1. The van der Waals surface area contributed by atoms with Gasteiger partial charge in [-0.2, -0.15) is 4.57 Å². The van der Waals surface area contributed by atoms with E-state index < -0.39 is 0 Å². The average Bonchev–Trinajstić information content (AvgIpc) is 3.09. The maximum absolute atomic E-state index is 12.8. The summed E-state index contributed by atoms with van der Waals surface area (Å²) >= 11 is 1.72. The molecule has 0 spiro atoms. The molecule has 0 fully saturated rings. The Kier molecular flexibility index (Phi) is 4.06. The molecule has 2 aromatic heterocycles. The summed E-state index contributed by atoms with van der Waals surface area (Å²) in [6.07, 6.45) is 8.34. The second-order valence-electron chi connectivity index (χ2n) is 8.26. The van der Waals surface area contributed by atoms with Crippen molar-refractivity contribution in [3.8, 4) is 0 Å². The second kappa shape index (κ2) is 6.81. The van der Waals surface area contributed by atoms with Crippen LogP contribution in [0.5, 0.6) is 0 Å². The molecule has 2 aliphatic heterocycles. The Bertz CT molecular complexity index is 1390. The molecule has 0 saturated carbocycles. The molecule has 5 heteroatoms. The van der Waals surface area contributed by atoms with Crippen molar-refractivity contribution in [1.82, 2.24) is 0 Å². The molecule has 4 nitrogen and oxygen atoms in total. The quantitative estimate of drug-likeness (QED) is 0.352. The first-order chi connectivity index (χ1) is 14.7. The summed E-state index contributed by atoms with van der Waals surface area (Å²) in [5.74, 6) is 0. The molecule has 2 aromatic carbocycles. The van der Waals surface area contributed by atoms with Crippen molar-refractivity contribution in [1.29, 1.82) is 0 Å². The van der Waals surface area contributed by atoms with Crippen LogP contribution in [0.1, 0.15) is 34.5 Å². The fourth-order valence-electron chi connectivity index (χ4n) is 5.01. The molecule has 0 aliphatic carbocycles. The van der Waals surface area contributed by atoms with Crippen molar-refractivity contribution in [3.63, 3.8) is 0 Å². The molecule has 0 radical (unpaired) electrons. The van der Waals surface area contributed by atoms with Crippen LogP contribution in [0.25, 0.3) is 33.3 Å². The number of benzene rings is 2. The molecule has 150 valence electrons. The first kappa shape index (κ1) is 17.9. The average molecular weight is 416 g/mol. The molecule has 0 saturated heterocycles. The first-order valence-electron chi connectivity index (χ1n) is 10.6. The van der Waals surface area contributed by atoms with Crippen LogP contribution in [0.15, 0.2) is 45.6 Å². The highest BCUT2D eigenvalue weighted by atomic mass is 32.1. The van der Waals surface area contributed by atoms with Gasteiger partial charge in [0, 0.05) is 41.9 Å². The van der Waals surface area contributed by atoms with Gasteiger partial charge in [0.15, 0.2) is 0 Å². The summed E-state index contributed by atoms with van der Waals surface area (Å²) in [5, 5.41) is 2.15. The van der Waals surface area contributed by atoms with E-state index in [2.05, 4.69) is 46.8 Å². The largest absolute Gasteiger partial charge is 0.422 e. The minimum Gasteiger partial charge on any atom is -0.422 e. The fraction of sp³-hybridized carbons (Fsp3) is 0.280. The van der Waals surface area contributed by atoms with Crippen molar-refractivity contribution in [3.05, 3.63) is 68.5 Å². The van der Waals surface area contributed by atoms with Crippen LogP contribution in [0, 0.1) is 0 Å². The Morgan fingerprint density at radius 3 is 2.80 bits per heavy atom. The lowest BCUT2D eigenvalue weighted by molar-refractivity contribution is -0.642. The highest BCUT2D eigenvalue weighted by Gasteiger charge is 2.27. The fourth-order valence-corrected chi connectivity index (χ4v) is 6.06. The lowest BCUT2D eigenvalue weighted by Gasteiger charge is -2.37. The zero-order valence-electron chi connectivity index (χ0n) is 17.0. The number of aromatic nitrogens is 1. The van der Waals surface area contributed by atoms with Crippen molar-refractivity contribution in [2.45, 2.75) is 25.7 Å². The van der Waals surface area contributed by atoms with Gasteiger partial charge in [0.05, 0.1) is 5.56 Å². The zero-order valence-corrected chi connectivity index (χ0v) is 17.8. The summed E-state index contributed by atoms with van der Waals surface area (Å²) < 4.78 is 9.30. The minimum atomic E-state index is -0.258. The lowest BCUT2D eigenvalue weighted by Crippen LogP contribution is -2.34. The van der Waals surface area contributed by atoms with Crippen molar-refractivity contribution >= 4 is 50.4 Å². The van der Waals surface area contributed by atoms with Crippen LogP contribution in [0.4, 0.5) is 5.69 Å². The molecule has 0 N–H and O–H groups in total. The Labute approximate surface area is 178 Å². The van der Waals surface area contributed by atoms with E-state index in [-0.39, 0.29) is 5.63 Å². The van der Waals surface area contributed by atoms with Gasteiger partial charge in [0.1, 0.15) is 17.3 Å². The molecular weight excluding hydrogens is 392 g/mol. The van der Waals surface area contributed by atoms with Gasteiger partial charge in [-0.3, -0.25) is 0 Å². The first-order valence-corrected chi connectivity index (χ1v) is 11.4. The number of nitrogens with zero attached hydrogens (tertiary/aromatic N) is 2. The number of hydrogen-bond donors (Lipinski definition) is 0. The number of aryl methyl sites for hydroxylation is 3. The van der Waals surface area contributed by atoms with E-state index in [0.29, 0.717) is 5.56 Å². The van der Waals surface area contributed by atoms with Gasteiger partial charge in [-0.1, -0.05) is 23.5 Å². The van der Waals surface area contributed by atoms with E-state index >= 15 is 0 Å². The second-order valence-corrected chi connectivity index (χ2v) is 9.33. The monoisotopic (exact) mass is 415 g/mol. The summed E-state index contributed by atoms with van der Waals surface area (Å²) in [5.41, 5.74) is 6.31. The Morgan fingerprint density at radius 2 is 1.93 bits per heavy atom. The number of para-hydroxylation sites is 1. The zero-order chi connectivity index (χ0) is 20.2. The number of rotatable bonds is 2. The molecule has 0 atom stereocenters. The van der Waals surface area contributed by atoms with Crippen LogP contribution in [0.3, 0.4) is 0 Å². The number of thiazole rings is 1. The Morgan fingerprint density at radius 1 is 1.10 bits per heavy atom. The number of fused-ring (bicyclic) bond motifs is 3. The van der Waals surface area contributed by atoms with Crippen LogP contribution < -0.4 is 15.1 Å². The molecular formula is C25H23N2O2S+. The molecule has 0 amide bonds. The molecule has 4 heterocycles. The predicted molar refractivity (Wildman–Crippen MR) is 123 cm³/mol. The van der Waals surface area contributed by atoms with Crippen LogP contribution in [-0.2, 0) is 19.9 Å². The third-order valence-corrected chi connectivity index (χ3v) is 7.60. The van der Waals surface area contributed by atoms with Gasteiger partial charge in [-0.05, 0) is 55.5 Å². The van der Waals surface area contributed by atoms with Crippen LogP contribution in [-0.4, -0.2) is 13.1 Å². The van der Waals surface area contributed by atoms with Crippen LogP contribution >= 0.6 is 11.3 Å². The maximum atomic E-state index is 12.8. The van der Waals surface area contributed by atoms with E-state index in [1.54, 1.807) is 11.3 Å². The highest BCUT2D eigenvalue weighted by Crippen LogP contribution is 2.39. The lowest BCUT2D eigenvalue weighted by atomic mass is 9.90. The minimum absolute atomic E-state index is 0.258. The van der Waals surface area contributed by atoms with E-state index in [1.165, 1.54) is 33.5 Å². The van der Waals surface area contributed by atoms with E-state index in [9.17, 15) is 4.79 Å². The van der Waals surface area contributed by atoms with E-state index in [0.717, 1.165) is 48.3 Å². The Balaban J connectivity index is 1.47. The van der Waals surface area contributed by atoms with Gasteiger partial charge in [-0.25, -0.2) is 4.79 Å². The highest BCUT2D eigenvalue weighted by molar-refractivity contribution is 7.18. The standard InChI is InChI=1S/C25H23N2O2S/c1-26-20-8-2-3-9-21(20)30-22(26)11-10-17-15-18-14-16-6-4-12-27-13-5-7-19(23(16)27)24(18)29-25(17)28/h2-3,8-11,14-15H,4-7,12-13H2,1H3/q+1.